The van der Waals surface area contributed by atoms with Crippen LogP contribution in [0.1, 0.15) is 10.5 Å². The first-order chi connectivity index (χ1) is 7.66. The fourth-order valence-electron chi connectivity index (χ4n) is 1.78. The van der Waals surface area contributed by atoms with E-state index in [1.165, 1.54) is 6.07 Å². The summed E-state index contributed by atoms with van der Waals surface area (Å²) < 4.78 is 10.4. The van der Waals surface area contributed by atoms with Crippen molar-refractivity contribution in [1.82, 2.24) is 4.98 Å². The van der Waals surface area contributed by atoms with E-state index >= 15 is 0 Å². The van der Waals surface area contributed by atoms with Crippen molar-refractivity contribution in [3.8, 4) is 11.5 Å². The van der Waals surface area contributed by atoms with Gasteiger partial charge in [-0.25, -0.2) is 4.79 Å². The Balaban J connectivity index is 2.32. The molecule has 0 saturated carbocycles. The first kappa shape index (κ1) is 8.90. The standard InChI is InChI=1S/C10H8N2O4/c11-7-8-4(1-5(12-8)10(13)14)2-6-9(7)16-3-15-6/h1-2,12H,3,11H2,(H,13,14). The molecule has 1 aliphatic rings. The summed E-state index contributed by atoms with van der Waals surface area (Å²) >= 11 is 0. The molecular weight excluding hydrogens is 212 g/mol. The second kappa shape index (κ2) is 2.82. The highest BCUT2D eigenvalue weighted by atomic mass is 16.7. The molecule has 0 bridgehead atoms. The van der Waals surface area contributed by atoms with Crippen molar-refractivity contribution in [3.63, 3.8) is 0 Å². The van der Waals surface area contributed by atoms with Gasteiger partial charge in [0.2, 0.25) is 6.79 Å². The lowest BCUT2D eigenvalue weighted by Crippen LogP contribution is -1.96. The minimum atomic E-state index is -1.03. The van der Waals surface area contributed by atoms with Crippen LogP contribution in [0.25, 0.3) is 10.9 Å². The van der Waals surface area contributed by atoms with Crippen molar-refractivity contribution >= 4 is 22.6 Å². The molecule has 0 fully saturated rings. The van der Waals surface area contributed by atoms with Crippen LogP contribution in [-0.2, 0) is 0 Å². The zero-order valence-electron chi connectivity index (χ0n) is 8.11. The van der Waals surface area contributed by atoms with Gasteiger partial charge in [-0.05, 0) is 12.1 Å². The number of aromatic nitrogens is 1. The van der Waals surface area contributed by atoms with Crippen LogP contribution in [0.5, 0.6) is 11.5 Å². The molecular formula is C10H8N2O4. The Morgan fingerprint density at radius 3 is 3.00 bits per heavy atom. The smallest absolute Gasteiger partial charge is 0.352 e. The summed E-state index contributed by atoms with van der Waals surface area (Å²) in [6, 6.07) is 3.22. The van der Waals surface area contributed by atoms with Crippen molar-refractivity contribution in [2.75, 3.05) is 12.5 Å². The Kier molecular flexibility index (Phi) is 1.57. The number of rotatable bonds is 1. The Labute approximate surface area is 89.6 Å². The minimum Gasteiger partial charge on any atom is -0.477 e. The molecule has 6 heteroatoms. The van der Waals surface area contributed by atoms with E-state index in [-0.39, 0.29) is 12.5 Å². The lowest BCUT2D eigenvalue weighted by Gasteiger charge is -2.01. The molecule has 82 valence electrons. The fourth-order valence-corrected chi connectivity index (χ4v) is 1.78. The highest BCUT2D eigenvalue weighted by Gasteiger charge is 2.21. The predicted octanol–water partition coefficient (Wildman–Crippen LogP) is 1.18. The van der Waals surface area contributed by atoms with Gasteiger partial charge in [0, 0.05) is 5.39 Å². The number of aromatic carboxylic acids is 1. The highest BCUT2D eigenvalue weighted by molar-refractivity contribution is 6.01. The third-order valence-corrected chi connectivity index (χ3v) is 2.52. The molecule has 3 rings (SSSR count). The third-order valence-electron chi connectivity index (χ3n) is 2.52. The number of anilines is 1. The van der Waals surface area contributed by atoms with Gasteiger partial charge >= 0.3 is 5.97 Å². The van der Waals surface area contributed by atoms with Crippen LogP contribution in [0, 0.1) is 0 Å². The van der Waals surface area contributed by atoms with Gasteiger partial charge in [-0.2, -0.15) is 0 Å². The highest BCUT2D eigenvalue weighted by Crippen LogP contribution is 2.42. The Morgan fingerprint density at radius 1 is 1.44 bits per heavy atom. The van der Waals surface area contributed by atoms with Crippen LogP contribution in [0.3, 0.4) is 0 Å². The molecule has 1 aliphatic heterocycles. The van der Waals surface area contributed by atoms with Crippen LogP contribution in [0.2, 0.25) is 0 Å². The van der Waals surface area contributed by atoms with Crippen LogP contribution in [0.4, 0.5) is 5.69 Å². The lowest BCUT2D eigenvalue weighted by atomic mass is 10.2. The maximum Gasteiger partial charge on any atom is 0.352 e. The molecule has 2 aromatic rings. The number of aromatic amines is 1. The molecule has 1 aromatic heterocycles. The maximum absolute atomic E-state index is 10.8. The van der Waals surface area contributed by atoms with Gasteiger partial charge in [-0.3, -0.25) is 0 Å². The average Bonchev–Trinajstić information content (AvgIpc) is 2.83. The molecule has 6 nitrogen and oxygen atoms in total. The SMILES string of the molecule is Nc1c2c(cc3cc(C(=O)O)[nH]c13)OCO2. The van der Waals surface area contributed by atoms with Crippen molar-refractivity contribution in [1.29, 1.82) is 0 Å². The van der Waals surface area contributed by atoms with Crippen molar-refractivity contribution in [2.45, 2.75) is 0 Å². The van der Waals surface area contributed by atoms with Crippen LogP contribution >= 0.6 is 0 Å². The Morgan fingerprint density at radius 2 is 2.25 bits per heavy atom. The van der Waals surface area contributed by atoms with Crippen LogP contribution in [-0.4, -0.2) is 22.9 Å². The lowest BCUT2D eigenvalue weighted by molar-refractivity contribution is 0.0691. The van der Waals surface area contributed by atoms with Crippen molar-refractivity contribution < 1.29 is 19.4 Å². The van der Waals surface area contributed by atoms with E-state index in [2.05, 4.69) is 4.98 Å². The number of nitrogens with one attached hydrogen (secondary N) is 1. The summed E-state index contributed by atoms with van der Waals surface area (Å²) in [5.74, 6) is -0.0233. The van der Waals surface area contributed by atoms with E-state index in [9.17, 15) is 4.79 Å². The number of H-pyrrole nitrogens is 1. The zero-order chi connectivity index (χ0) is 11.3. The molecule has 16 heavy (non-hydrogen) atoms. The molecule has 0 atom stereocenters. The maximum atomic E-state index is 10.8. The molecule has 0 spiro atoms. The number of benzene rings is 1. The summed E-state index contributed by atoms with van der Waals surface area (Å²) in [5.41, 5.74) is 6.87. The van der Waals surface area contributed by atoms with Crippen molar-refractivity contribution in [2.24, 2.45) is 0 Å². The first-order valence-electron chi connectivity index (χ1n) is 4.61. The van der Waals surface area contributed by atoms with Crippen LogP contribution < -0.4 is 15.2 Å². The van der Waals surface area contributed by atoms with E-state index in [0.717, 1.165) is 0 Å². The largest absolute Gasteiger partial charge is 0.477 e. The summed E-state index contributed by atoms with van der Waals surface area (Å²) in [7, 11) is 0. The van der Waals surface area contributed by atoms with Gasteiger partial charge in [-0.1, -0.05) is 0 Å². The molecule has 1 aromatic carbocycles. The van der Waals surface area contributed by atoms with E-state index in [0.29, 0.717) is 28.1 Å². The number of hydrogen-bond donors (Lipinski definition) is 3. The molecule has 0 unspecified atom stereocenters. The summed E-state index contributed by atoms with van der Waals surface area (Å²) in [4.78, 5) is 13.5. The number of carbonyl (C=O) groups is 1. The van der Waals surface area contributed by atoms with Gasteiger partial charge in [0.25, 0.3) is 0 Å². The van der Waals surface area contributed by atoms with Crippen molar-refractivity contribution in [3.05, 3.63) is 17.8 Å². The normalized spacial score (nSPS) is 13.2. The molecule has 2 heterocycles. The molecule has 0 amide bonds. The Bertz CT molecular complexity index is 602. The number of carboxylic acids is 1. The number of carboxylic acid groups (broad SMARTS) is 1. The van der Waals surface area contributed by atoms with E-state index in [1.807, 2.05) is 0 Å². The summed E-state index contributed by atoms with van der Waals surface area (Å²) in [6.45, 7) is 0.137. The summed E-state index contributed by atoms with van der Waals surface area (Å²) in [6.07, 6.45) is 0. The molecule has 0 radical (unpaired) electrons. The van der Waals surface area contributed by atoms with E-state index in [1.54, 1.807) is 6.07 Å². The number of hydrogen-bond acceptors (Lipinski definition) is 4. The van der Waals surface area contributed by atoms with E-state index < -0.39 is 5.97 Å². The van der Waals surface area contributed by atoms with Gasteiger partial charge in [-0.15, -0.1) is 0 Å². The van der Waals surface area contributed by atoms with Gasteiger partial charge in [0.05, 0.1) is 5.52 Å². The average molecular weight is 220 g/mol. The monoisotopic (exact) mass is 220 g/mol. The minimum absolute atomic E-state index is 0.0883. The number of fused-ring (bicyclic) bond motifs is 2. The van der Waals surface area contributed by atoms with E-state index in [4.69, 9.17) is 20.3 Å². The predicted molar refractivity (Wildman–Crippen MR) is 55.8 cm³/mol. The van der Waals surface area contributed by atoms with Gasteiger partial charge in [0.1, 0.15) is 11.4 Å². The fraction of sp³-hybridized carbons (Fsp3) is 0.100. The second-order valence-corrected chi connectivity index (χ2v) is 3.48. The number of nitrogen functional groups attached to an aromatic ring is 1. The second-order valence-electron chi connectivity index (χ2n) is 3.48. The molecule has 0 aliphatic carbocycles. The quantitative estimate of drug-likeness (QED) is 0.627. The van der Waals surface area contributed by atoms with Gasteiger partial charge < -0.3 is 25.3 Å². The number of ether oxygens (including phenoxy) is 2. The van der Waals surface area contributed by atoms with Crippen LogP contribution in [0.15, 0.2) is 12.1 Å². The number of nitrogens with two attached hydrogens (primary N) is 1. The molecule has 0 saturated heterocycles. The van der Waals surface area contributed by atoms with Gasteiger partial charge in [0.15, 0.2) is 11.5 Å². The summed E-state index contributed by atoms with van der Waals surface area (Å²) in [5, 5.41) is 9.55. The molecule has 4 N–H and O–H groups in total. The third kappa shape index (κ3) is 1.04. The zero-order valence-corrected chi connectivity index (χ0v) is 8.11. The Hall–Kier alpha value is -2.37. The first-order valence-corrected chi connectivity index (χ1v) is 4.61. The topological polar surface area (TPSA) is 97.6 Å².